The predicted molar refractivity (Wildman–Crippen MR) is 85.8 cm³/mol. The quantitative estimate of drug-likeness (QED) is 0.678. The molecule has 0 spiro atoms. The predicted octanol–water partition coefficient (Wildman–Crippen LogP) is 4.65. The third-order valence-electron chi connectivity index (χ3n) is 2.90. The third-order valence-corrected chi connectivity index (χ3v) is 4.56. The maximum atomic E-state index is 4.70. The van der Waals surface area contributed by atoms with E-state index >= 15 is 0 Å². The lowest BCUT2D eigenvalue weighted by Crippen LogP contribution is -1.89. The summed E-state index contributed by atoms with van der Waals surface area (Å²) in [6.45, 7) is 4.05. The number of hydrogen-bond acceptors (Lipinski definition) is 4. The molecule has 3 nitrogen and oxygen atoms in total. The van der Waals surface area contributed by atoms with E-state index < -0.39 is 0 Å². The van der Waals surface area contributed by atoms with E-state index in [-0.39, 0.29) is 0 Å². The molecule has 20 heavy (non-hydrogen) atoms. The van der Waals surface area contributed by atoms with Crippen molar-refractivity contribution in [3.05, 3.63) is 51.6 Å². The van der Waals surface area contributed by atoms with E-state index in [1.54, 1.807) is 11.3 Å². The molecule has 0 N–H and O–H groups in total. The molecule has 100 valence electrons. The van der Waals surface area contributed by atoms with Crippen LogP contribution in [-0.4, -0.2) is 15.0 Å². The van der Waals surface area contributed by atoms with E-state index in [2.05, 4.69) is 38.9 Å². The second-order valence-electron chi connectivity index (χ2n) is 4.49. The first-order chi connectivity index (χ1) is 9.65. The fourth-order valence-electron chi connectivity index (χ4n) is 1.90. The Morgan fingerprint density at radius 3 is 2.45 bits per heavy atom. The highest BCUT2D eigenvalue weighted by Gasteiger charge is 2.14. The summed E-state index contributed by atoms with van der Waals surface area (Å²) in [5.41, 5.74) is 3.13. The Morgan fingerprint density at radius 1 is 1.05 bits per heavy atom. The smallest absolute Gasteiger partial charge is 0.188 e. The molecule has 3 aromatic rings. The highest BCUT2D eigenvalue weighted by molar-refractivity contribution is 9.10. The van der Waals surface area contributed by atoms with Crippen molar-refractivity contribution in [2.24, 2.45) is 0 Å². The lowest BCUT2D eigenvalue weighted by atomic mass is 10.1. The van der Waals surface area contributed by atoms with Gasteiger partial charge in [0.2, 0.25) is 0 Å². The van der Waals surface area contributed by atoms with E-state index in [1.165, 1.54) is 0 Å². The summed E-state index contributed by atoms with van der Waals surface area (Å²) in [5.74, 6) is 0.682. The van der Waals surface area contributed by atoms with Gasteiger partial charge in [0, 0.05) is 27.3 Å². The molecule has 5 heteroatoms. The van der Waals surface area contributed by atoms with Crippen LogP contribution in [0.1, 0.15) is 10.4 Å². The molecule has 2 aromatic heterocycles. The Balaban J connectivity index is 2.08. The van der Waals surface area contributed by atoms with Crippen LogP contribution in [0.4, 0.5) is 0 Å². The molecule has 0 unspecified atom stereocenters. The molecule has 0 bridgehead atoms. The second kappa shape index (κ2) is 5.42. The Hall–Kier alpha value is -1.59. The van der Waals surface area contributed by atoms with Crippen LogP contribution in [0, 0.1) is 13.8 Å². The van der Waals surface area contributed by atoms with Gasteiger partial charge in [0.15, 0.2) is 10.8 Å². The fourth-order valence-corrected chi connectivity index (χ4v) is 3.25. The lowest BCUT2D eigenvalue weighted by Gasteiger charge is -2.01. The minimum Gasteiger partial charge on any atom is -0.234 e. The summed E-state index contributed by atoms with van der Waals surface area (Å²) in [6.07, 6.45) is 3.63. The minimum absolute atomic E-state index is 0.682. The molecule has 2 heterocycles. The molecule has 0 saturated heterocycles. The van der Waals surface area contributed by atoms with Crippen LogP contribution in [-0.2, 0) is 0 Å². The zero-order valence-electron chi connectivity index (χ0n) is 11.1. The summed E-state index contributed by atoms with van der Waals surface area (Å²) in [7, 11) is 0. The van der Waals surface area contributed by atoms with Gasteiger partial charge in [-0.1, -0.05) is 34.1 Å². The van der Waals surface area contributed by atoms with Gasteiger partial charge in [-0.25, -0.2) is 15.0 Å². The van der Waals surface area contributed by atoms with Crippen molar-refractivity contribution in [1.29, 1.82) is 0 Å². The zero-order valence-corrected chi connectivity index (χ0v) is 13.5. The number of rotatable bonds is 2. The zero-order chi connectivity index (χ0) is 14.1. The first-order valence-electron chi connectivity index (χ1n) is 6.16. The molecule has 0 aliphatic heterocycles. The molecule has 3 rings (SSSR count). The minimum atomic E-state index is 0.682. The van der Waals surface area contributed by atoms with Crippen molar-refractivity contribution < 1.29 is 0 Å². The maximum Gasteiger partial charge on any atom is 0.188 e. The third kappa shape index (κ3) is 2.51. The largest absolute Gasteiger partial charge is 0.234 e. The number of aromatic nitrogens is 3. The van der Waals surface area contributed by atoms with Crippen molar-refractivity contribution >= 4 is 27.3 Å². The first-order valence-corrected chi connectivity index (χ1v) is 7.77. The standard InChI is InChI=1S/C15H12BrN3S/c1-9-7-17-14(18-8-9)15-19-13(10(2)20-15)11-5-3-4-6-12(11)16/h3-8H,1-2H3. The molecule has 0 atom stereocenters. The van der Waals surface area contributed by atoms with E-state index in [4.69, 9.17) is 4.98 Å². The Bertz CT molecular complexity index is 750. The van der Waals surface area contributed by atoms with Crippen molar-refractivity contribution in [3.8, 4) is 22.1 Å². The molecule has 0 amide bonds. The van der Waals surface area contributed by atoms with Crippen molar-refractivity contribution in [1.82, 2.24) is 15.0 Å². The number of halogens is 1. The van der Waals surface area contributed by atoms with Crippen LogP contribution in [0.5, 0.6) is 0 Å². The van der Waals surface area contributed by atoms with Crippen LogP contribution < -0.4 is 0 Å². The molecule has 0 aliphatic carbocycles. The van der Waals surface area contributed by atoms with Crippen LogP contribution >= 0.6 is 27.3 Å². The number of benzene rings is 1. The number of thiazole rings is 1. The lowest BCUT2D eigenvalue weighted by molar-refractivity contribution is 1.13. The maximum absolute atomic E-state index is 4.70. The van der Waals surface area contributed by atoms with Gasteiger partial charge in [0.1, 0.15) is 0 Å². The summed E-state index contributed by atoms with van der Waals surface area (Å²) in [4.78, 5) is 14.6. The second-order valence-corrected chi connectivity index (χ2v) is 6.55. The summed E-state index contributed by atoms with van der Waals surface area (Å²) < 4.78 is 1.05. The van der Waals surface area contributed by atoms with Crippen LogP contribution in [0.2, 0.25) is 0 Å². The highest BCUT2D eigenvalue weighted by Crippen LogP contribution is 2.35. The van der Waals surface area contributed by atoms with Crippen molar-refractivity contribution in [3.63, 3.8) is 0 Å². The van der Waals surface area contributed by atoms with Crippen LogP contribution in [0.3, 0.4) is 0 Å². The molecule has 0 radical (unpaired) electrons. The molecule has 0 aliphatic rings. The van der Waals surface area contributed by atoms with E-state index in [9.17, 15) is 0 Å². The van der Waals surface area contributed by atoms with E-state index in [0.29, 0.717) is 5.82 Å². The highest BCUT2D eigenvalue weighted by atomic mass is 79.9. The monoisotopic (exact) mass is 345 g/mol. The molecular formula is C15H12BrN3S. The van der Waals surface area contributed by atoms with Crippen molar-refractivity contribution in [2.75, 3.05) is 0 Å². The average Bonchev–Trinajstić information content (AvgIpc) is 2.82. The normalized spacial score (nSPS) is 10.8. The van der Waals surface area contributed by atoms with Gasteiger partial charge < -0.3 is 0 Å². The molecular weight excluding hydrogens is 334 g/mol. The topological polar surface area (TPSA) is 38.7 Å². The van der Waals surface area contributed by atoms with Gasteiger partial charge in [0.25, 0.3) is 0 Å². The fraction of sp³-hybridized carbons (Fsp3) is 0.133. The van der Waals surface area contributed by atoms with Gasteiger partial charge in [-0.3, -0.25) is 0 Å². The van der Waals surface area contributed by atoms with Crippen molar-refractivity contribution in [2.45, 2.75) is 13.8 Å². The van der Waals surface area contributed by atoms with Crippen LogP contribution in [0.25, 0.3) is 22.1 Å². The molecule has 0 fully saturated rings. The van der Waals surface area contributed by atoms with Crippen LogP contribution in [0.15, 0.2) is 41.1 Å². The van der Waals surface area contributed by atoms with E-state index in [0.717, 1.165) is 31.2 Å². The van der Waals surface area contributed by atoms with Gasteiger partial charge in [-0.05, 0) is 25.5 Å². The van der Waals surface area contributed by atoms with Gasteiger partial charge in [-0.15, -0.1) is 11.3 Å². The Labute approximate surface area is 129 Å². The summed E-state index contributed by atoms with van der Waals surface area (Å²) in [5, 5.41) is 0.855. The van der Waals surface area contributed by atoms with E-state index in [1.807, 2.05) is 37.5 Å². The SMILES string of the molecule is Cc1cnc(-c2nc(-c3ccccc3Br)c(C)s2)nc1. The average molecular weight is 346 g/mol. The molecule has 0 saturated carbocycles. The van der Waals surface area contributed by atoms with Gasteiger partial charge in [-0.2, -0.15) is 0 Å². The summed E-state index contributed by atoms with van der Waals surface area (Å²) >= 11 is 5.20. The summed E-state index contributed by atoms with van der Waals surface area (Å²) in [6, 6.07) is 8.10. The first kappa shape index (κ1) is 13.4. The molecule has 1 aromatic carbocycles. The van der Waals surface area contributed by atoms with Gasteiger partial charge >= 0.3 is 0 Å². The number of aryl methyl sites for hydroxylation is 2. The number of nitrogens with zero attached hydrogens (tertiary/aromatic N) is 3. The Kier molecular flexibility index (Phi) is 3.63. The van der Waals surface area contributed by atoms with Gasteiger partial charge in [0.05, 0.1) is 5.69 Å². The number of hydrogen-bond donors (Lipinski definition) is 0. The Morgan fingerprint density at radius 2 is 1.75 bits per heavy atom.